The minimum absolute atomic E-state index is 0.534. The molecular weight excluding hydrogens is 675 g/mol. The lowest BCUT2D eigenvalue weighted by molar-refractivity contribution is 1.05. The van der Waals surface area contributed by atoms with Gasteiger partial charge in [0.05, 0.1) is 16.7 Å². The van der Waals surface area contributed by atoms with Gasteiger partial charge in [-0.1, -0.05) is 164 Å². The Kier molecular flexibility index (Phi) is 8.00. The van der Waals surface area contributed by atoms with E-state index in [9.17, 15) is 0 Å². The summed E-state index contributed by atoms with van der Waals surface area (Å²) < 4.78 is 2.30. The molecule has 0 aliphatic heterocycles. The van der Waals surface area contributed by atoms with Gasteiger partial charge in [0.15, 0.2) is 34.9 Å². The number of benzene rings is 7. The minimum Gasteiger partial charge on any atom is -0.308 e. The number of hydrogen-bond donors (Lipinski definition) is 0. The van der Waals surface area contributed by atoms with Gasteiger partial charge in [-0.25, -0.2) is 29.9 Å². The number of aromatic nitrogens is 7. The molecule has 0 radical (unpaired) electrons. The maximum absolute atomic E-state index is 5.21. The second-order valence-corrected chi connectivity index (χ2v) is 13.1. The molecule has 0 amide bonds. The molecule has 3 aromatic heterocycles. The van der Waals surface area contributed by atoms with Crippen molar-refractivity contribution in [3.63, 3.8) is 0 Å². The van der Waals surface area contributed by atoms with Crippen LogP contribution in [0.2, 0.25) is 0 Å². The van der Waals surface area contributed by atoms with Crippen LogP contribution in [-0.2, 0) is 0 Å². The molecule has 7 aromatic carbocycles. The Bertz CT molecular complexity index is 2650. The highest BCUT2D eigenvalue weighted by Crippen LogP contribution is 2.41. The third-order valence-corrected chi connectivity index (χ3v) is 9.72. The van der Waals surface area contributed by atoms with E-state index in [1.165, 1.54) is 0 Å². The molecule has 10 aromatic rings. The Balaban J connectivity index is 1.32. The molecule has 0 saturated heterocycles. The molecule has 0 bridgehead atoms. The molecular formula is C48H31N7. The summed E-state index contributed by atoms with van der Waals surface area (Å²) in [5.74, 6) is 3.41. The number of para-hydroxylation sites is 3. The average Bonchev–Trinajstić information content (AvgIpc) is 3.61. The van der Waals surface area contributed by atoms with E-state index in [2.05, 4.69) is 65.2 Å². The highest BCUT2D eigenvalue weighted by atomic mass is 15.1. The Hall–Kier alpha value is -7.64. The lowest BCUT2D eigenvalue weighted by Crippen LogP contribution is -2.07. The summed E-state index contributed by atoms with van der Waals surface area (Å²) in [7, 11) is 0. The molecule has 0 spiro atoms. The SMILES string of the molecule is c1ccc(-c2nc(-c3ccccc3)nc(-c3cccc(-c4nc(-c5ccccc5)nc(-c5ccccc5)n4)c3-n3c4ccccc4c4ccccc43)n2)cc1. The van der Waals surface area contributed by atoms with Crippen molar-refractivity contribution in [2.45, 2.75) is 0 Å². The fourth-order valence-corrected chi connectivity index (χ4v) is 7.17. The molecule has 0 atom stereocenters. The van der Waals surface area contributed by atoms with E-state index < -0.39 is 0 Å². The number of fused-ring (bicyclic) bond motifs is 3. The largest absolute Gasteiger partial charge is 0.308 e. The fraction of sp³-hybridized carbons (Fsp3) is 0. The second kappa shape index (κ2) is 13.7. The molecule has 3 heterocycles. The van der Waals surface area contributed by atoms with Crippen LogP contribution in [0.15, 0.2) is 188 Å². The summed E-state index contributed by atoms with van der Waals surface area (Å²) in [6.45, 7) is 0. The third-order valence-electron chi connectivity index (χ3n) is 9.72. The first-order chi connectivity index (χ1) is 27.3. The highest BCUT2D eigenvalue weighted by Gasteiger charge is 2.24. The molecule has 0 unspecified atom stereocenters. The summed E-state index contributed by atoms with van der Waals surface area (Å²) in [5.41, 5.74) is 8.15. The van der Waals surface area contributed by atoms with Gasteiger partial charge in [-0.3, -0.25) is 0 Å². The minimum atomic E-state index is 0.534. The maximum Gasteiger partial charge on any atom is 0.166 e. The molecule has 0 aliphatic rings. The maximum atomic E-state index is 5.21. The smallest absolute Gasteiger partial charge is 0.166 e. The van der Waals surface area contributed by atoms with Gasteiger partial charge in [-0.15, -0.1) is 0 Å². The van der Waals surface area contributed by atoms with E-state index in [4.69, 9.17) is 29.9 Å². The standard InChI is InChI=1S/C48H31N7/c1-5-18-32(19-6-1)43-49-44(33-20-7-2-8-21-33)52-47(51-43)38-28-17-29-39(42(38)55-40-30-15-13-26-36(40)37-27-14-16-31-41(37)55)48-53-45(34-22-9-3-10-23-34)50-46(54-48)35-24-11-4-12-25-35/h1-31H. The van der Waals surface area contributed by atoms with Crippen molar-refractivity contribution in [3.8, 4) is 74.0 Å². The summed E-state index contributed by atoms with van der Waals surface area (Å²) in [6, 6.07) is 63.4. The predicted molar refractivity (Wildman–Crippen MR) is 220 cm³/mol. The van der Waals surface area contributed by atoms with Gasteiger partial charge in [0.1, 0.15) is 0 Å². The monoisotopic (exact) mass is 705 g/mol. The Morgan fingerprint density at radius 3 is 0.891 bits per heavy atom. The van der Waals surface area contributed by atoms with Gasteiger partial charge in [0.2, 0.25) is 0 Å². The van der Waals surface area contributed by atoms with Crippen molar-refractivity contribution >= 4 is 21.8 Å². The van der Waals surface area contributed by atoms with E-state index >= 15 is 0 Å². The third kappa shape index (κ3) is 5.90. The van der Waals surface area contributed by atoms with Crippen LogP contribution in [-0.4, -0.2) is 34.5 Å². The van der Waals surface area contributed by atoms with Crippen LogP contribution in [0.25, 0.3) is 95.8 Å². The quantitative estimate of drug-likeness (QED) is 0.164. The number of rotatable bonds is 7. The molecule has 0 aliphatic carbocycles. The molecule has 55 heavy (non-hydrogen) atoms. The fourth-order valence-electron chi connectivity index (χ4n) is 7.17. The lowest BCUT2D eigenvalue weighted by Gasteiger charge is -2.18. The number of nitrogens with zero attached hydrogens (tertiary/aromatic N) is 7. The van der Waals surface area contributed by atoms with E-state index in [1.807, 2.05) is 127 Å². The van der Waals surface area contributed by atoms with Gasteiger partial charge in [0, 0.05) is 44.2 Å². The van der Waals surface area contributed by atoms with Gasteiger partial charge in [-0.05, 0) is 24.3 Å². The lowest BCUT2D eigenvalue weighted by atomic mass is 10.0. The first kappa shape index (κ1) is 32.0. The average molecular weight is 706 g/mol. The van der Waals surface area contributed by atoms with Crippen LogP contribution < -0.4 is 0 Å². The van der Waals surface area contributed by atoms with E-state index in [0.717, 1.165) is 60.9 Å². The Morgan fingerprint density at radius 2 is 0.545 bits per heavy atom. The van der Waals surface area contributed by atoms with Crippen LogP contribution in [0.5, 0.6) is 0 Å². The van der Waals surface area contributed by atoms with E-state index in [-0.39, 0.29) is 0 Å². The predicted octanol–water partition coefficient (Wildman–Crippen LogP) is 11.2. The van der Waals surface area contributed by atoms with Crippen LogP contribution in [0, 0.1) is 0 Å². The van der Waals surface area contributed by atoms with Crippen molar-refractivity contribution in [2.75, 3.05) is 0 Å². The van der Waals surface area contributed by atoms with E-state index in [1.54, 1.807) is 0 Å². The summed E-state index contributed by atoms with van der Waals surface area (Å²) >= 11 is 0. The van der Waals surface area contributed by atoms with Crippen LogP contribution in [0.3, 0.4) is 0 Å². The summed E-state index contributed by atoms with van der Waals surface area (Å²) in [4.78, 5) is 30.8. The van der Waals surface area contributed by atoms with Crippen LogP contribution in [0.1, 0.15) is 0 Å². The van der Waals surface area contributed by atoms with Crippen molar-refractivity contribution in [1.29, 1.82) is 0 Å². The van der Waals surface area contributed by atoms with Gasteiger partial charge < -0.3 is 4.57 Å². The first-order valence-electron chi connectivity index (χ1n) is 18.1. The van der Waals surface area contributed by atoms with E-state index in [0.29, 0.717) is 34.9 Å². The van der Waals surface area contributed by atoms with Crippen molar-refractivity contribution in [3.05, 3.63) is 188 Å². The molecule has 7 heteroatoms. The van der Waals surface area contributed by atoms with Crippen LogP contribution >= 0.6 is 0 Å². The molecule has 0 fully saturated rings. The van der Waals surface area contributed by atoms with Crippen LogP contribution in [0.4, 0.5) is 0 Å². The highest BCUT2D eigenvalue weighted by molar-refractivity contribution is 6.10. The molecule has 0 saturated carbocycles. The number of hydrogen-bond acceptors (Lipinski definition) is 6. The Morgan fingerprint density at radius 1 is 0.255 bits per heavy atom. The second-order valence-electron chi connectivity index (χ2n) is 13.1. The topological polar surface area (TPSA) is 82.3 Å². The van der Waals surface area contributed by atoms with Gasteiger partial charge >= 0.3 is 0 Å². The summed E-state index contributed by atoms with van der Waals surface area (Å²) in [5, 5.41) is 2.27. The Labute approximate surface area is 317 Å². The molecule has 7 nitrogen and oxygen atoms in total. The molecule has 10 rings (SSSR count). The van der Waals surface area contributed by atoms with Gasteiger partial charge in [-0.2, -0.15) is 0 Å². The van der Waals surface area contributed by atoms with Crippen molar-refractivity contribution < 1.29 is 0 Å². The molecule has 0 N–H and O–H groups in total. The van der Waals surface area contributed by atoms with Gasteiger partial charge in [0.25, 0.3) is 0 Å². The zero-order valence-electron chi connectivity index (χ0n) is 29.5. The molecule has 258 valence electrons. The van der Waals surface area contributed by atoms with Crippen molar-refractivity contribution in [1.82, 2.24) is 34.5 Å². The zero-order chi connectivity index (χ0) is 36.6. The zero-order valence-corrected chi connectivity index (χ0v) is 29.5. The normalized spacial score (nSPS) is 11.3. The first-order valence-corrected chi connectivity index (χ1v) is 18.1. The summed E-state index contributed by atoms with van der Waals surface area (Å²) in [6.07, 6.45) is 0. The van der Waals surface area contributed by atoms with Crippen molar-refractivity contribution in [2.24, 2.45) is 0 Å².